The molecular weight excluding hydrogens is 433 g/mol. The molecule has 0 spiro atoms. The molecule has 0 radical (unpaired) electrons. The molecule has 1 aromatic carbocycles. The fourth-order valence-corrected chi connectivity index (χ4v) is 1.34. The quantitative estimate of drug-likeness (QED) is 0.698. The van der Waals surface area contributed by atoms with Gasteiger partial charge in [0.15, 0.2) is 0 Å². The van der Waals surface area contributed by atoms with E-state index in [4.69, 9.17) is 0 Å². The third-order valence-electron chi connectivity index (χ3n) is 2.28. The van der Waals surface area contributed by atoms with Crippen molar-refractivity contribution < 1.29 is 4.79 Å². The van der Waals surface area contributed by atoms with Crippen molar-refractivity contribution >= 4 is 11.5 Å². The minimum absolute atomic E-state index is 0. The van der Waals surface area contributed by atoms with E-state index in [-0.39, 0.29) is 11.7 Å². The predicted octanol–water partition coefficient (Wildman–Crippen LogP) is 2.70. The van der Waals surface area contributed by atoms with E-state index in [2.05, 4.69) is 12.2 Å². The molecule has 2 nitrogen and oxygen atoms in total. The van der Waals surface area contributed by atoms with Gasteiger partial charge in [0.1, 0.15) is 5.78 Å². The summed E-state index contributed by atoms with van der Waals surface area (Å²) in [4.78, 5) is 11.5. The summed E-state index contributed by atoms with van der Waals surface area (Å²) in [5, 5.41) is 3.13. The number of carbonyl (C=O) groups excluding carboxylic acids is 1. The van der Waals surface area contributed by atoms with Gasteiger partial charge in [-0.25, -0.2) is 0 Å². The van der Waals surface area contributed by atoms with E-state index < -0.39 is 0 Å². The second-order valence-electron chi connectivity index (χ2n) is 3.92. The summed E-state index contributed by atoms with van der Waals surface area (Å²) in [5.74, 6) is 0.385. The van der Waals surface area contributed by atoms with Gasteiger partial charge in [-0.1, -0.05) is 26.0 Å². The number of rotatable bonds is 5. The Hall–Kier alpha value is -2.31. The van der Waals surface area contributed by atoms with Crippen molar-refractivity contribution in [1.82, 2.24) is 0 Å². The van der Waals surface area contributed by atoms with Gasteiger partial charge in [-0.05, 0) is 17.7 Å². The van der Waals surface area contributed by atoms with Gasteiger partial charge in [0, 0.05) is 18.0 Å². The predicted molar refractivity (Wildman–Crippen MR) is 63.8 cm³/mol. The third-order valence-corrected chi connectivity index (χ3v) is 2.28. The zero-order valence-electron chi connectivity index (χ0n) is 9.77. The maximum absolute atomic E-state index is 11.5. The number of nitrogens with one attached hydrogen (secondary N) is 1. The molecule has 0 atom stereocenters. The molecule has 1 N–H and O–H groups in total. The zero-order chi connectivity index (χ0) is 11.3. The van der Waals surface area contributed by atoms with Gasteiger partial charge in [0.2, 0.25) is 0 Å². The molecule has 1 rings (SSSR count). The topological polar surface area (TPSA) is 29.1 Å². The number of ketones is 1. The smallest absolute Gasteiger partial charge is 0.139 e. The van der Waals surface area contributed by atoms with Gasteiger partial charge in [-0.3, -0.25) is 4.79 Å². The molecule has 0 fully saturated rings. The van der Waals surface area contributed by atoms with Gasteiger partial charge in [-0.2, -0.15) is 0 Å². The molecule has 1 aromatic rings. The second kappa shape index (κ2) is 6.23. The van der Waals surface area contributed by atoms with E-state index in [9.17, 15) is 4.79 Å². The monoisotopic (exact) mass is 447 g/mol. The van der Waals surface area contributed by atoms with Crippen LogP contribution in [-0.2, 0) is 11.2 Å². The molecule has 0 aliphatic rings. The van der Waals surface area contributed by atoms with Crippen LogP contribution in [-0.4, -0.2) is 12.3 Å². The minimum Gasteiger partial charge on any atom is -0.415 e. The first-order chi connectivity index (χ1) is 7.13. The fraction of sp³-hybridized carbons (Fsp3) is 0.385. The van der Waals surface area contributed by atoms with Crippen LogP contribution in [0.3, 0.4) is 0 Å². The summed E-state index contributed by atoms with van der Waals surface area (Å²) < 4.78 is 0. The number of Topliss-reactive ketones (excluding diaryl/α,β-unsaturated/α-hetero) is 1. The minimum atomic E-state index is 0. The van der Waals surface area contributed by atoms with E-state index in [1.165, 1.54) is 0 Å². The Morgan fingerprint density at radius 1 is 1.44 bits per heavy atom. The standard InChI is InChI=1S/C13H18NO.Cm/c1-4-14-12-7-5-6-11(8-12)9-13(15)10(2)3;/h5-8,10,14H,1,4,9H2,2-3H3;/q-1;. The van der Waals surface area contributed by atoms with E-state index in [0.717, 1.165) is 11.3 Å². The van der Waals surface area contributed by atoms with Crippen molar-refractivity contribution in [3.8, 4) is 0 Å². The van der Waals surface area contributed by atoms with E-state index >= 15 is 0 Å². The Balaban J connectivity index is 0.00000225. The van der Waals surface area contributed by atoms with Crippen LogP contribution in [0, 0.1) is 12.8 Å². The first-order valence-electron chi connectivity index (χ1n) is 5.28. The van der Waals surface area contributed by atoms with E-state index in [0.29, 0.717) is 13.0 Å². The first kappa shape index (κ1) is 13.7. The molecule has 0 amide bonds. The Bertz CT molecular complexity index is 336. The number of anilines is 1. The molecule has 0 bridgehead atoms. The largest absolute Gasteiger partial charge is 0.415 e. The van der Waals surface area contributed by atoms with Crippen molar-refractivity contribution in [3.63, 3.8) is 0 Å². The van der Waals surface area contributed by atoms with Crippen molar-refractivity contribution in [1.29, 1.82) is 0 Å². The molecule has 3 heteroatoms. The Kier molecular flexibility index (Phi) is 5.33. The van der Waals surface area contributed by atoms with Crippen LogP contribution in [0.2, 0.25) is 0 Å². The molecule has 0 aromatic heterocycles. The summed E-state index contributed by atoms with van der Waals surface area (Å²) in [5.41, 5.74) is 2.09. The first-order valence-corrected chi connectivity index (χ1v) is 5.28. The van der Waals surface area contributed by atoms with Crippen LogP contribution in [0.1, 0.15) is 19.4 Å². The molecule has 0 unspecified atom stereocenters. The van der Waals surface area contributed by atoms with E-state index in [1.54, 1.807) is 0 Å². The Morgan fingerprint density at radius 2 is 2.12 bits per heavy atom. The number of benzene rings is 1. The molecule has 16 heavy (non-hydrogen) atoms. The Morgan fingerprint density at radius 3 is 2.69 bits per heavy atom. The summed E-state index contributed by atoms with van der Waals surface area (Å²) in [7, 11) is 0. The molecule has 0 aliphatic carbocycles. The SMILES string of the molecule is [CH2-]CNc1cccc(CC(=O)C(C)C)c1.[Cm]. The zero-order valence-corrected chi connectivity index (χ0v) is 12.7. The third kappa shape index (κ3) is 3.82. The maximum Gasteiger partial charge on any atom is 0.139 e. The average molecular weight is 451 g/mol. The van der Waals surface area contributed by atoms with Crippen molar-refractivity contribution in [3.05, 3.63) is 36.8 Å². The summed E-state index contributed by atoms with van der Waals surface area (Å²) in [6, 6.07) is 7.93. The molecule has 90 valence electrons. The molecule has 0 aliphatic heterocycles. The normalized spacial score (nSPS) is 9.75. The van der Waals surface area contributed by atoms with Crippen LogP contribution in [0.4, 0.5) is 5.69 Å². The molecule has 0 saturated heterocycles. The van der Waals surface area contributed by atoms with Crippen LogP contribution in [0.15, 0.2) is 24.3 Å². The molecule has 0 heterocycles. The van der Waals surface area contributed by atoms with Crippen LogP contribution < -0.4 is 5.32 Å². The van der Waals surface area contributed by atoms with E-state index in [1.807, 2.05) is 38.1 Å². The van der Waals surface area contributed by atoms with Crippen LogP contribution >= 0.6 is 0 Å². The van der Waals surface area contributed by atoms with Gasteiger partial charge in [-0.15, -0.1) is 6.54 Å². The van der Waals surface area contributed by atoms with Crippen LogP contribution in [0.5, 0.6) is 0 Å². The van der Waals surface area contributed by atoms with Gasteiger partial charge in [0.25, 0.3) is 0 Å². The fourth-order valence-electron chi connectivity index (χ4n) is 1.34. The molecule has 0 saturated carbocycles. The van der Waals surface area contributed by atoms with Gasteiger partial charge >= 0.3 is 0 Å². The van der Waals surface area contributed by atoms with Crippen molar-refractivity contribution in [2.24, 2.45) is 5.92 Å². The summed E-state index contributed by atoms with van der Waals surface area (Å²) in [6.07, 6.45) is 0.518. The van der Waals surface area contributed by atoms with Crippen LogP contribution in [0.25, 0.3) is 0 Å². The molecular formula is C13H18CmNO-. The number of carbonyl (C=O) groups is 1. The number of hydrogen-bond donors (Lipinski definition) is 1. The second-order valence-corrected chi connectivity index (χ2v) is 3.92. The summed E-state index contributed by atoms with van der Waals surface area (Å²) in [6.45, 7) is 8.24. The van der Waals surface area contributed by atoms with Crippen molar-refractivity contribution in [2.75, 3.05) is 11.9 Å². The summed E-state index contributed by atoms with van der Waals surface area (Å²) >= 11 is 0. The maximum atomic E-state index is 11.5. The average Bonchev–Trinajstić information content (AvgIpc) is 2.18. The van der Waals surface area contributed by atoms with Gasteiger partial charge < -0.3 is 12.2 Å². The van der Waals surface area contributed by atoms with Gasteiger partial charge in [0.05, 0.1) is 0 Å². The van der Waals surface area contributed by atoms with Crippen molar-refractivity contribution in [2.45, 2.75) is 20.3 Å². The Labute approximate surface area is 91.7 Å². The number of hydrogen-bond acceptors (Lipinski definition) is 2.